The zero-order chi connectivity index (χ0) is 13.3. The minimum atomic E-state index is -0.799. The Hall–Kier alpha value is -1.14. The van der Waals surface area contributed by atoms with Crippen molar-refractivity contribution in [3.8, 4) is 0 Å². The minimum Gasteiger partial charge on any atom is -0.481 e. The normalized spacial score (nSPS) is 30.0. The maximum Gasteiger partial charge on any atom is 0.306 e. The van der Waals surface area contributed by atoms with Gasteiger partial charge in [0.15, 0.2) is 0 Å². The van der Waals surface area contributed by atoms with Gasteiger partial charge in [0.1, 0.15) is 6.10 Å². The lowest BCUT2D eigenvalue weighted by molar-refractivity contribution is -0.156. The SMILES string of the molecule is CC(C(=O)O)C1CN(C(=O)C2CCC(CN)O2)C1. The van der Waals surface area contributed by atoms with Crippen LogP contribution in [0.1, 0.15) is 19.8 Å². The smallest absolute Gasteiger partial charge is 0.306 e. The molecule has 1 amide bonds. The number of hydrogen-bond acceptors (Lipinski definition) is 4. The first-order valence-electron chi connectivity index (χ1n) is 6.40. The molecule has 0 aromatic rings. The van der Waals surface area contributed by atoms with Crippen molar-refractivity contribution in [1.82, 2.24) is 4.90 Å². The van der Waals surface area contributed by atoms with Crippen molar-refractivity contribution in [2.24, 2.45) is 17.6 Å². The molecular formula is C12H20N2O4. The summed E-state index contributed by atoms with van der Waals surface area (Å²) in [6.45, 7) is 3.19. The highest BCUT2D eigenvalue weighted by Gasteiger charge is 2.41. The molecule has 3 unspecified atom stereocenters. The van der Waals surface area contributed by atoms with Gasteiger partial charge in [0, 0.05) is 25.6 Å². The predicted molar refractivity (Wildman–Crippen MR) is 63.8 cm³/mol. The number of likely N-dealkylation sites (tertiary alicyclic amines) is 1. The van der Waals surface area contributed by atoms with E-state index in [1.165, 1.54) is 0 Å². The van der Waals surface area contributed by atoms with Crippen LogP contribution in [-0.4, -0.2) is 53.7 Å². The first-order valence-corrected chi connectivity index (χ1v) is 6.40. The Kier molecular flexibility index (Phi) is 3.87. The molecule has 18 heavy (non-hydrogen) atoms. The molecule has 0 saturated carbocycles. The largest absolute Gasteiger partial charge is 0.481 e. The molecule has 3 N–H and O–H groups in total. The van der Waals surface area contributed by atoms with Gasteiger partial charge in [0.25, 0.3) is 5.91 Å². The third kappa shape index (κ3) is 2.49. The topological polar surface area (TPSA) is 92.9 Å². The van der Waals surface area contributed by atoms with E-state index in [0.717, 1.165) is 12.8 Å². The van der Waals surface area contributed by atoms with E-state index in [-0.39, 0.29) is 24.0 Å². The second-order valence-corrected chi connectivity index (χ2v) is 5.19. The maximum absolute atomic E-state index is 12.0. The van der Waals surface area contributed by atoms with Crippen LogP contribution in [-0.2, 0) is 14.3 Å². The van der Waals surface area contributed by atoms with Gasteiger partial charge in [-0.2, -0.15) is 0 Å². The molecule has 2 aliphatic heterocycles. The fourth-order valence-corrected chi connectivity index (χ4v) is 2.47. The summed E-state index contributed by atoms with van der Waals surface area (Å²) in [6, 6.07) is 0. The van der Waals surface area contributed by atoms with Crippen molar-refractivity contribution in [1.29, 1.82) is 0 Å². The molecule has 3 atom stereocenters. The average molecular weight is 256 g/mol. The van der Waals surface area contributed by atoms with Crippen molar-refractivity contribution in [3.63, 3.8) is 0 Å². The highest BCUT2D eigenvalue weighted by molar-refractivity contribution is 5.82. The van der Waals surface area contributed by atoms with E-state index in [0.29, 0.717) is 19.6 Å². The Balaban J connectivity index is 1.78. The van der Waals surface area contributed by atoms with E-state index in [2.05, 4.69) is 0 Å². The van der Waals surface area contributed by atoms with Gasteiger partial charge in [-0.15, -0.1) is 0 Å². The molecule has 2 heterocycles. The van der Waals surface area contributed by atoms with Crippen LogP contribution in [0.15, 0.2) is 0 Å². The maximum atomic E-state index is 12.0. The van der Waals surface area contributed by atoms with E-state index in [9.17, 15) is 9.59 Å². The number of rotatable bonds is 4. The highest BCUT2D eigenvalue weighted by Crippen LogP contribution is 2.28. The molecule has 0 bridgehead atoms. The van der Waals surface area contributed by atoms with Gasteiger partial charge in [-0.05, 0) is 12.8 Å². The number of hydrogen-bond donors (Lipinski definition) is 2. The molecule has 2 saturated heterocycles. The Labute approximate surface area is 106 Å². The summed E-state index contributed by atoms with van der Waals surface area (Å²) >= 11 is 0. The van der Waals surface area contributed by atoms with E-state index >= 15 is 0 Å². The zero-order valence-corrected chi connectivity index (χ0v) is 10.5. The molecule has 2 aliphatic rings. The summed E-state index contributed by atoms with van der Waals surface area (Å²) < 4.78 is 5.54. The van der Waals surface area contributed by atoms with E-state index < -0.39 is 11.9 Å². The average Bonchev–Trinajstić information content (AvgIpc) is 2.74. The van der Waals surface area contributed by atoms with Crippen molar-refractivity contribution < 1.29 is 19.4 Å². The number of carbonyl (C=O) groups excluding carboxylic acids is 1. The van der Waals surface area contributed by atoms with Gasteiger partial charge in [-0.3, -0.25) is 9.59 Å². The molecule has 0 aromatic carbocycles. The molecule has 0 spiro atoms. The summed E-state index contributed by atoms with van der Waals surface area (Å²) in [5.74, 6) is -1.14. The Morgan fingerprint density at radius 1 is 1.44 bits per heavy atom. The molecule has 2 fully saturated rings. The Morgan fingerprint density at radius 3 is 2.61 bits per heavy atom. The second kappa shape index (κ2) is 5.24. The number of aliphatic carboxylic acids is 1. The Morgan fingerprint density at radius 2 is 2.11 bits per heavy atom. The van der Waals surface area contributed by atoms with Crippen molar-refractivity contribution in [3.05, 3.63) is 0 Å². The molecule has 0 aliphatic carbocycles. The number of nitrogens with two attached hydrogens (primary N) is 1. The lowest BCUT2D eigenvalue weighted by Crippen LogP contribution is -2.56. The molecule has 6 heteroatoms. The number of nitrogens with zero attached hydrogens (tertiary/aromatic N) is 1. The number of ether oxygens (including phenoxy) is 1. The van der Waals surface area contributed by atoms with E-state index in [1.54, 1.807) is 11.8 Å². The van der Waals surface area contributed by atoms with Crippen LogP contribution in [0.4, 0.5) is 0 Å². The second-order valence-electron chi connectivity index (χ2n) is 5.19. The van der Waals surface area contributed by atoms with Crippen LogP contribution < -0.4 is 5.73 Å². The predicted octanol–water partition coefficient (Wildman–Crippen LogP) is -0.328. The van der Waals surface area contributed by atoms with E-state index in [1.807, 2.05) is 0 Å². The van der Waals surface area contributed by atoms with Crippen molar-refractivity contribution in [2.45, 2.75) is 32.0 Å². The van der Waals surface area contributed by atoms with Crippen molar-refractivity contribution >= 4 is 11.9 Å². The summed E-state index contributed by atoms with van der Waals surface area (Å²) in [7, 11) is 0. The third-order valence-electron chi connectivity index (χ3n) is 3.96. The lowest BCUT2D eigenvalue weighted by Gasteiger charge is -2.42. The minimum absolute atomic E-state index is 0.00559. The molecule has 0 aromatic heterocycles. The fourth-order valence-electron chi connectivity index (χ4n) is 2.47. The van der Waals surface area contributed by atoms with Crippen LogP contribution in [0.3, 0.4) is 0 Å². The summed E-state index contributed by atoms with van der Waals surface area (Å²) in [6.07, 6.45) is 1.17. The van der Waals surface area contributed by atoms with Gasteiger partial charge in [0.2, 0.25) is 0 Å². The summed E-state index contributed by atoms with van der Waals surface area (Å²) in [4.78, 5) is 24.5. The zero-order valence-electron chi connectivity index (χ0n) is 10.5. The van der Waals surface area contributed by atoms with Crippen LogP contribution >= 0.6 is 0 Å². The molecular weight excluding hydrogens is 236 g/mol. The van der Waals surface area contributed by atoms with Gasteiger partial charge in [-0.25, -0.2) is 0 Å². The van der Waals surface area contributed by atoms with Gasteiger partial charge < -0.3 is 20.5 Å². The number of carboxylic acids is 1. The Bertz CT molecular complexity index is 341. The molecule has 6 nitrogen and oxygen atoms in total. The lowest BCUT2D eigenvalue weighted by atomic mass is 9.86. The standard InChI is InChI=1S/C12H20N2O4/c1-7(12(16)17)8-5-14(6-8)11(15)10-3-2-9(4-13)18-10/h7-10H,2-6,13H2,1H3,(H,16,17). The molecule has 102 valence electrons. The summed E-state index contributed by atoms with van der Waals surface area (Å²) in [5.41, 5.74) is 5.50. The number of carboxylic acid groups (broad SMARTS) is 1. The highest BCUT2D eigenvalue weighted by atomic mass is 16.5. The van der Waals surface area contributed by atoms with Crippen LogP contribution in [0.5, 0.6) is 0 Å². The molecule has 0 radical (unpaired) electrons. The van der Waals surface area contributed by atoms with E-state index in [4.69, 9.17) is 15.6 Å². The van der Waals surface area contributed by atoms with Gasteiger partial charge in [-0.1, -0.05) is 6.92 Å². The monoisotopic (exact) mass is 256 g/mol. The first kappa shape index (κ1) is 13.3. The van der Waals surface area contributed by atoms with Crippen LogP contribution in [0.25, 0.3) is 0 Å². The number of amides is 1. The van der Waals surface area contributed by atoms with Crippen LogP contribution in [0, 0.1) is 11.8 Å². The quantitative estimate of drug-likeness (QED) is 0.718. The fraction of sp³-hybridized carbons (Fsp3) is 0.833. The van der Waals surface area contributed by atoms with Crippen molar-refractivity contribution in [2.75, 3.05) is 19.6 Å². The van der Waals surface area contributed by atoms with Crippen LogP contribution in [0.2, 0.25) is 0 Å². The first-order chi connectivity index (χ1) is 8.52. The van der Waals surface area contributed by atoms with Gasteiger partial charge in [0.05, 0.1) is 12.0 Å². The number of carbonyl (C=O) groups is 2. The summed E-state index contributed by atoms with van der Waals surface area (Å²) in [5, 5.41) is 8.88. The van der Waals surface area contributed by atoms with Gasteiger partial charge >= 0.3 is 5.97 Å². The molecule has 2 rings (SSSR count). The third-order valence-corrected chi connectivity index (χ3v) is 3.96.